The molecule has 0 radical (unpaired) electrons. The van der Waals surface area contributed by atoms with Crippen molar-refractivity contribution in [2.24, 2.45) is 0 Å². The van der Waals surface area contributed by atoms with Gasteiger partial charge in [0.15, 0.2) is 0 Å². The van der Waals surface area contributed by atoms with Crippen LogP contribution in [0.15, 0.2) is 41.3 Å². The first kappa shape index (κ1) is 22.7. The van der Waals surface area contributed by atoms with Crippen molar-refractivity contribution in [3.63, 3.8) is 0 Å². The molecule has 0 unspecified atom stereocenters. The van der Waals surface area contributed by atoms with Gasteiger partial charge in [0.25, 0.3) is 4.92 Å². The zero-order valence-corrected chi connectivity index (χ0v) is 18.5. The van der Waals surface area contributed by atoms with E-state index in [0.717, 1.165) is 50.9 Å². The van der Waals surface area contributed by atoms with Gasteiger partial charge < -0.3 is 0 Å². The van der Waals surface area contributed by atoms with E-state index in [4.69, 9.17) is 16.8 Å². The van der Waals surface area contributed by atoms with E-state index in [0.29, 0.717) is 12.1 Å². The van der Waals surface area contributed by atoms with Crippen LogP contribution in [0.4, 0.5) is 5.69 Å². The number of rotatable bonds is 9. The predicted octanol–water partition coefficient (Wildman–Crippen LogP) is 3.95. The average Bonchev–Trinajstić information content (AvgIpc) is 2.69. The lowest BCUT2D eigenvalue weighted by atomic mass is 9.99. The fourth-order valence-corrected chi connectivity index (χ4v) is 5.69. The van der Waals surface area contributed by atoms with Crippen molar-refractivity contribution in [1.82, 2.24) is 9.62 Å². The molecule has 2 aromatic rings. The van der Waals surface area contributed by atoms with Crippen molar-refractivity contribution in [3.05, 3.63) is 63.0 Å². The van der Waals surface area contributed by atoms with E-state index in [1.54, 1.807) is 37.3 Å². The number of halogens is 1. The van der Waals surface area contributed by atoms with Crippen molar-refractivity contribution in [1.29, 1.82) is 0 Å². The summed E-state index contributed by atoms with van der Waals surface area (Å²) in [5.74, 6) is 0. The summed E-state index contributed by atoms with van der Waals surface area (Å²) < 4.78 is 27.6. The van der Waals surface area contributed by atoms with Crippen molar-refractivity contribution < 1.29 is 18.5 Å². The first-order chi connectivity index (χ1) is 14.3. The average molecular weight is 453 g/mol. The molecule has 0 saturated heterocycles. The van der Waals surface area contributed by atoms with Crippen LogP contribution in [0.2, 0.25) is 5.02 Å². The number of aryl methyl sites for hydroxylation is 1. The van der Waals surface area contributed by atoms with Gasteiger partial charge >= 0.3 is 5.69 Å². The minimum Gasteiger partial charge on any atom is -0.299 e. The minimum absolute atomic E-state index is 0.107. The lowest BCUT2D eigenvalue weighted by Gasteiger charge is -2.28. The van der Waals surface area contributed by atoms with Crippen LogP contribution in [-0.4, -0.2) is 43.1 Å². The lowest BCUT2D eigenvalue weighted by Crippen LogP contribution is -2.31. The molecule has 0 aliphatic carbocycles. The zero-order chi connectivity index (χ0) is 21.7. The molecular weight excluding hydrogens is 426 g/mol. The van der Waals surface area contributed by atoms with Crippen LogP contribution in [0, 0.1) is 11.8 Å². The van der Waals surface area contributed by atoms with Crippen LogP contribution in [0.1, 0.15) is 36.0 Å². The number of hydrogen-bond donors (Lipinski definition) is 2. The summed E-state index contributed by atoms with van der Waals surface area (Å²) in [5, 5.41) is 9.32. The van der Waals surface area contributed by atoms with Gasteiger partial charge in [-0.3, -0.25) is 4.90 Å². The SMILES string of the molecule is Cc1cccc(Cl)c1S(=O)(=O)NCCCCCN1CCc2ccc([N+](=O)O)cc2C1. The molecule has 0 spiro atoms. The van der Waals surface area contributed by atoms with Crippen molar-refractivity contribution >= 4 is 27.3 Å². The van der Waals surface area contributed by atoms with Crippen LogP contribution in [0.3, 0.4) is 0 Å². The zero-order valence-electron chi connectivity index (χ0n) is 17.0. The lowest BCUT2D eigenvalue weighted by molar-refractivity contribution is -0.729. The van der Waals surface area contributed by atoms with Gasteiger partial charge in [-0.15, -0.1) is 0 Å². The Morgan fingerprint density at radius 3 is 2.70 bits per heavy atom. The summed E-state index contributed by atoms with van der Waals surface area (Å²) >= 11 is 6.07. The van der Waals surface area contributed by atoms with Crippen LogP contribution >= 0.6 is 11.6 Å². The van der Waals surface area contributed by atoms with Crippen molar-refractivity contribution in [2.45, 2.75) is 44.0 Å². The third-order valence-corrected chi connectivity index (χ3v) is 7.47. The minimum atomic E-state index is -3.62. The van der Waals surface area contributed by atoms with E-state index in [1.165, 1.54) is 5.56 Å². The highest BCUT2D eigenvalue weighted by atomic mass is 35.5. The summed E-state index contributed by atoms with van der Waals surface area (Å²) in [6, 6.07) is 10.3. The highest BCUT2D eigenvalue weighted by Gasteiger charge is 2.21. The summed E-state index contributed by atoms with van der Waals surface area (Å²) in [6.45, 7) is 4.70. The molecule has 2 N–H and O–H groups in total. The maximum Gasteiger partial charge on any atom is 0.316 e. The maximum absolute atomic E-state index is 12.5. The first-order valence-corrected chi connectivity index (χ1v) is 11.9. The van der Waals surface area contributed by atoms with Gasteiger partial charge in [0.2, 0.25) is 10.0 Å². The molecule has 0 bridgehead atoms. The third-order valence-electron chi connectivity index (χ3n) is 5.38. The molecule has 2 aromatic carbocycles. The molecular formula is C21H27ClN3O4S+. The number of benzene rings is 2. The second-order valence-corrected chi connectivity index (χ2v) is 9.71. The summed E-state index contributed by atoms with van der Waals surface area (Å²) in [7, 11) is -3.62. The standard InChI is InChI=1S/C21H27ClN3O4S/c1-16-6-5-7-20(22)21(16)30(28,29)23-11-3-2-4-12-24-13-10-17-8-9-19(25(26)27)14-18(17)15-24/h5-9,14,23H,2-4,10-13,15H2,1H3,(H,26,27)/q+1. The second-order valence-electron chi connectivity index (χ2n) is 7.60. The smallest absolute Gasteiger partial charge is 0.299 e. The Morgan fingerprint density at radius 2 is 1.97 bits per heavy atom. The van der Waals surface area contributed by atoms with Gasteiger partial charge in [-0.2, -0.15) is 0 Å². The van der Waals surface area contributed by atoms with E-state index in [2.05, 4.69) is 9.62 Å². The van der Waals surface area contributed by atoms with Gasteiger partial charge in [-0.25, -0.2) is 18.3 Å². The van der Waals surface area contributed by atoms with Gasteiger partial charge in [-0.05, 0) is 55.5 Å². The molecule has 0 saturated carbocycles. The Balaban J connectivity index is 1.42. The number of nitrogens with zero attached hydrogens (tertiary/aromatic N) is 2. The quantitative estimate of drug-likeness (QED) is 0.444. The molecule has 1 aliphatic rings. The third kappa shape index (κ3) is 5.57. The van der Waals surface area contributed by atoms with Crippen molar-refractivity contribution in [3.8, 4) is 0 Å². The maximum atomic E-state index is 12.5. The molecule has 7 nitrogen and oxygen atoms in total. The molecule has 3 rings (SSSR count). The Bertz CT molecular complexity index is 1010. The van der Waals surface area contributed by atoms with E-state index < -0.39 is 10.0 Å². The molecule has 0 fully saturated rings. The summed E-state index contributed by atoms with van der Waals surface area (Å²) in [6.07, 6.45) is 3.51. The molecule has 1 aliphatic heterocycles. The fraction of sp³-hybridized carbons (Fsp3) is 0.429. The summed E-state index contributed by atoms with van der Waals surface area (Å²) in [5.41, 5.74) is 3.15. The fourth-order valence-electron chi connectivity index (χ4n) is 3.78. The molecule has 30 heavy (non-hydrogen) atoms. The van der Waals surface area contributed by atoms with Gasteiger partial charge in [0.05, 0.1) is 9.93 Å². The number of nitrogens with one attached hydrogen (secondary N) is 1. The molecule has 0 atom stereocenters. The summed E-state index contributed by atoms with van der Waals surface area (Å²) in [4.78, 5) is 13.4. The number of fused-ring (bicyclic) bond motifs is 1. The van der Waals surface area contributed by atoms with Crippen LogP contribution in [0.5, 0.6) is 0 Å². The highest BCUT2D eigenvalue weighted by Crippen LogP contribution is 2.25. The Morgan fingerprint density at radius 1 is 1.17 bits per heavy atom. The molecule has 0 amide bonds. The van der Waals surface area contributed by atoms with E-state index in [9.17, 15) is 13.3 Å². The van der Waals surface area contributed by atoms with Crippen LogP contribution in [0.25, 0.3) is 0 Å². The Hall–Kier alpha value is -2.00. The van der Waals surface area contributed by atoms with Gasteiger partial charge in [-0.1, -0.05) is 36.2 Å². The number of sulfonamides is 1. The largest absolute Gasteiger partial charge is 0.316 e. The number of hydrogen-bond acceptors (Lipinski definition) is 4. The molecule has 9 heteroatoms. The topological polar surface area (TPSA) is 89.7 Å². The molecule has 1 heterocycles. The van der Waals surface area contributed by atoms with Crippen LogP contribution in [-0.2, 0) is 23.0 Å². The normalized spacial score (nSPS) is 14.5. The van der Waals surface area contributed by atoms with Crippen molar-refractivity contribution in [2.75, 3.05) is 19.6 Å². The Labute approximate surface area is 182 Å². The van der Waals surface area contributed by atoms with Gasteiger partial charge in [0, 0.05) is 31.8 Å². The predicted molar refractivity (Wildman–Crippen MR) is 116 cm³/mol. The monoisotopic (exact) mass is 452 g/mol. The first-order valence-electron chi connectivity index (χ1n) is 10.0. The molecule has 0 aromatic heterocycles. The van der Waals surface area contributed by atoms with E-state index in [1.807, 2.05) is 6.07 Å². The van der Waals surface area contributed by atoms with E-state index in [-0.39, 0.29) is 20.5 Å². The van der Waals surface area contributed by atoms with Crippen LogP contribution < -0.4 is 4.72 Å². The second kappa shape index (κ2) is 9.87. The highest BCUT2D eigenvalue weighted by molar-refractivity contribution is 7.89. The number of unbranched alkanes of at least 4 members (excludes halogenated alkanes) is 2. The van der Waals surface area contributed by atoms with Gasteiger partial charge in [0.1, 0.15) is 4.90 Å². The Kier molecular flexibility index (Phi) is 7.46. The molecule has 162 valence electrons. The van der Waals surface area contributed by atoms with E-state index >= 15 is 0 Å².